The zero-order valence-corrected chi connectivity index (χ0v) is 11.6. The van der Waals surface area contributed by atoms with E-state index in [-0.39, 0.29) is 11.7 Å². The predicted octanol–water partition coefficient (Wildman–Crippen LogP) is 4.88. The SMILES string of the molecule is CC(C)c1cc(CCl)cc(Oc2cccc(F)c2)n1. The van der Waals surface area contributed by atoms with Crippen molar-refractivity contribution in [3.8, 4) is 11.6 Å². The summed E-state index contributed by atoms with van der Waals surface area (Å²) in [6, 6.07) is 9.70. The summed E-state index contributed by atoms with van der Waals surface area (Å²) >= 11 is 5.86. The van der Waals surface area contributed by atoms with Crippen molar-refractivity contribution in [3.63, 3.8) is 0 Å². The molecule has 1 aromatic heterocycles. The van der Waals surface area contributed by atoms with Crippen molar-refractivity contribution < 1.29 is 9.13 Å². The van der Waals surface area contributed by atoms with E-state index >= 15 is 0 Å². The normalized spacial score (nSPS) is 10.8. The van der Waals surface area contributed by atoms with Crippen LogP contribution in [-0.4, -0.2) is 4.98 Å². The van der Waals surface area contributed by atoms with Gasteiger partial charge in [0.2, 0.25) is 5.88 Å². The molecule has 0 bridgehead atoms. The highest BCUT2D eigenvalue weighted by molar-refractivity contribution is 6.17. The van der Waals surface area contributed by atoms with Crippen LogP contribution in [0.3, 0.4) is 0 Å². The fourth-order valence-electron chi connectivity index (χ4n) is 1.66. The van der Waals surface area contributed by atoms with Gasteiger partial charge in [-0.2, -0.15) is 0 Å². The fraction of sp³-hybridized carbons (Fsp3) is 0.267. The largest absolute Gasteiger partial charge is 0.439 e. The molecule has 100 valence electrons. The summed E-state index contributed by atoms with van der Waals surface area (Å²) in [5.41, 5.74) is 1.84. The first kappa shape index (κ1) is 13.8. The van der Waals surface area contributed by atoms with Gasteiger partial charge in [-0.1, -0.05) is 19.9 Å². The second-order valence-corrected chi connectivity index (χ2v) is 4.85. The summed E-state index contributed by atoms with van der Waals surface area (Å²) in [5, 5.41) is 0. The molecule has 4 heteroatoms. The Balaban J connectivity index is 2.31. The van der Waals surface area contributed by atoms with Crippen molar-refractivity contribution in [1.29, 1.82) is 0 Å². The van der Waals surface area contributed by atoms with Gasteiger partial charge in [0.1, 0.15) is 11.6 Å². The van der Waals surface area contributed by atoms with Gasteiger partial charge in [-0.3, -0.25) is 0 Å². The van der Waals surface area contributed by atoms with E-state index in [4.69, 9.17) is 16.3 Å². The van der Waals surface area contributed by atoms with Crippen molar-refractivity contribution >= 4 is 11.6 Å². The molecule has 0 unspecified atom stereocenters. The molecular formula is C15H15ClFNO. The van der Waals surface area contributed by atoms with Crippen LogP contribution in [0.25, 0.3) is 0 Å². The van der Waals surface area contributed by atoms with Gasteiger partial charge in [-0.25, -0.2) is 9.37 Å². The average molecular weight is 280 g/mol. The third kappa shape index (κ3) is 3.67. The van der Waals surface area contributed by atoms with Crippen LogP contribution in [0.4, 0.5) is 4.39 Å². The summed E-state index contributed by atoms with van der Waals surface area (Å²) in [4.78, 5) is 4.40. The lowest BCUT2D eigenvalue weighted by Crippen LogP contribution is -1.98. The van der Waals surface area contributed by atoms with Gasteiger partial charge in [-0.15, -0.1) is 11.6 Å². The number of alkyl halides is 1. The molecule has 0 radical (unpaired) electrons. The number of rotatable bonds is 4. The Kier molecular flexibility index (Phi) is 4.38. The predicted molar refractivity (Wildman–Crippen MR) is 74.4 cm³/mol. The highest BCUT2D eigenvalue weighted by atomic mass is 35.5. The number of halogens is 2. The summed E-state index contributed by atoms with van der Waals surface area (Å²) in [5.74, 6) is 1.19. The zero-order chi connectivity index (χ0) is 13.8. The van der Waals surface area contributed by atoms with Crippen LogP contribution in [0.5, 0.6) is 11.6 Å². The lowest BCUT2D eigenvalue weighted by atomic mass is 10.1. The Morgan fingerprint density at radius 3 is 2.68 bits per heavy atom. The van der Waals surface area contributed by atoms with Crippen LogP contribution >= 0.6 is 11.6 Å². The third-order valence-corrected chi connectivity index (χ3v) is 2.95. The van der Waals surface area contributed by atoms with Crippen molar-refractivity contribution in [2.75, 3.05) is 0 Å². The number of ether oxygens (including phenoxy) is 1. The lowest BCUT2D eigenvalue weighted by Gasteiger charge is -2.11. The maximum atomic E-state index is 13.1. The molecule has 0 aliphatic heterocycles. The zero-order valence-electron chi connectivity index (χ0n) is 10.9. The number of nitrogens with zero attached hydrogens (tertiary/aromatic N) is 1. The second-order valence-electron chi connectivity index (χ2n) is 4.59. The summed E-state index contributed by atoms with van der Waals surface area (Å²) in [6.45, 7) is 4.10. The van der Waals surface area contributed by atoms with Crippen LogP contribution in [0.15, 0.2) is 36.4 Å². The number of aromatic nitrogens is 1. The van der Waals surface area contributed by atoms with Crippen molar-refractivity contribution in [2.45, 2.75) is 25.6 Å². The molecule has 0 saturated carbocycles. The average Bonchev–Trinajstić information content (AvgIpc) is 2.38. The van der Waals surface area contributed by atoms with Gasteiger partial charge in [0, 0.05) is 23.7 Å². The third-order valence-electron chi connectivity index (χ3n) is 2.65. The molecule has 2 rings (SSSR count). The molecule has 0 atom stereocenters. The number of hydrogen-bond donors (Lipinski definition) is 0. The van der Waals surface area contributed by atoms with Gasteiger partial charge in [-0.05, 0) is 29.7 Å². The van der Waals surface area contributed by atoms with E-state index in [9.17, 15) is 4.39 Å². The second kappa shape index (κ2) is 6.02. The monoisotopic (exact) mass is 279 g/mol. The van der Waals surface area contributed by atoms with Crippen molar-refractivity contribution in [2.24, 2.45) is 0 Å². The lowest BCUT2D eigenvalue weighted by molar-refractivity contribution is 0.454. The van der Waals surface area contributed by atoms with E-state index in [1.165, 1.54) is 12.1 Å². The Labute approximate surface area is 117 Å². The minimum absolute atomic E-state index is 0.276. The highest BCUT2D eigenvalue weighted by Gasteiger charge is 2.08. The van der Waals surface area contributed by atoms with Gasteiger partial charge in [0.05, 0.1) is 0 Å². The Bertz CT molecular complexity index is 572. The highest BCUT2D eigenvalue weighted by Crippen LogP contribution is 2.24. The van der Waals surface area contributed by atoms with E-state index < -0.39 is 0 Å². The molecule has 0 fully saturated rings. The van der Waals surface area contributed by atoms with E-state index in [0.29, 0.717) is 17.5 Å². The first-order valence-electron chi connectivity index (χ1n) is 6.08. The molecule has 1 aromatic carbocycles. The van der Waals surface area contributed by atoms with Gasteiger partial charge in [0.15, 0.2) is 0 Å². The molecule has 19 heavy (non-hydrogen) atoms. The van der Waals surface area contributed by atoms with Crippen LogP contribution in [-0.2, 0) is 5.88 Å². The molecule has 0 N–H and O–H groups in total. The first-order chi connectivity index (χ1) is 9.08. The van der Waals surface area contributed by atoms with Crippen molar-refractivity contribution in [3.05, 3.63) is 53.5 Å². The number of benzene rings is 1. The Morgan fingerprint density at radius 2 is 2.05 bits per heavy atom. The van der Waals surface area contributed by atoms with Crippen LogP contribution < -0.4 is 4.74 Å². The van der Waals surface area contributed by atoms with Gasteiger partial charge >= 0.3 is 0 Å². The van der Waals surface area contributed by atoms with Gasteiger partial charge < -0.3 is 4.74 Å². The van der Waals surface area contributed by atoms with E-state index in [2.05, 4.69) is 4.98 Å². The van der Waals surface area contributed by atoms with E-state index in [1.807, 2.05) is 19.9 Å². The molecule has 0 saturated heterocycles. The quantitative estimate of drug-likeness (QED) is 0.745. The summed E-state index contributed by atoms with van der Waals surface area (Å²) in [7, 11) is 0. The molecule has 0 spiro atoms. The Hall–Kier alpha value is -1.61. The maximum absolute atomic E-state index is 13.1. The molecule has 0 aliphatic rings. The van der Waals surface area contributed by atoms with E-state index in [0.717, 1.165) is 11.3 Å². The first-order valence-corrected chi connectivity index (χ1v) is 6.62. The van der Waals surface area contributed by atoms with Crippen LogP contribution in [0, 0.1) is 5.82 Å². The minimum atomic E-state index is -0.338. The van der Waals surface area contributed by atoms with Gasteiger partial charge in [0.25, 0.3) is 0 Å². The van der Waals surface area contributed by atoms with Crippen molar-refractivity contribution in [1.82, 2.24) is 4.98 Å². The summed E-state index contributed by atoms with van der Waals surface area (Å²) in [6.07, 6.45) is 0. The molecule has 0 amide bonds. The smallest absolute Gasteiger partial charge is 0.219 e. The molecule has 0 aliphatic carbocycles. The molecular weight excluding hydrogens is 265 g/mol. The topological polar surface area (TPSA) is 22.1 Å². The Morgan fingerprint density at radius 1 is 1.26 bits per heavy atom. The van der Waals surface area contributed by atoms with Crippen LogP contribution in [0.1, 0.15) is 31.0 Å². The number of pyridine rings is 1. The van der Waals surface area contributed by atoms with E-state index in [1.54, 1.807) is 18.2 Å². The van der Waals surface area contributed by atoms with Crippen LogP contribution in [0.2, 0.25) is 0 Å². The number of hydrogen-bond acceptors (Lipinski definition) is 2. The summed E-state index contributed by atoms with van der Waals surface area (Å²) < 4.78 is 18.7. The standard InChI is InChI=1S/C15H15ClFNO/c1-10(2)14-6-11(9-16)7-15(18-14)19-13-5-3-4-12(17)8-13/h3-8,10H,9H2,1-2H3. The molecule has 2 aromatic rings. The minimum Gasteiger partial charge on any atom is -0.439 e. The molecule has 1 heterocycles. The maximum Gasteiger partial charge on any atom is 0.219 e. The molecule has 2 nitrogen and oxygen atoms in total. The fourth-order valence-corrected chi connectivity index (χ4v) is 1.81.